The van der Waals surface area contributed by atoms with Crippen molar-refractivity contribution in [3.8, 4) is 0 Å². The number of hydrogen-bond acceptors (Lipinski definition) is 19. The van der Waals surface area contributed by atoms with Gasteiger partial charge in [-0.1, -0.05) is 97.7 Å². The van der Waals surface area contributed by atoms with Gasteiger partial charge >= 0.3 is 23.9 Å². The molecule has 3 aliphatic carbocycles. The van der Waals surface area contributed by atoms with E-state index in [1.165, 1.54) is 44.1 Å². The Morgan fingerprint density at radius 3 is 2.05 bits per heavy atom. The molecule has 3 aromatic rings. The monoisotopic (exact) mass is 1230 g/mol. The number of furan rings is 3. The fraction of sp³-hybridized carbons (Fsp3) is 0.672. The second-order valence-corrected chi connectivity index (χ2v) is 38.6. The van der Waals surface area contributed by atoms with E-state index in [0.717, 1.165) is 0 Å². The van der Waals surface area contributed by atoms with Crippen LogP contribution in [-0.4, -0.2) is 123 Å². The predicted octanol–water partition coefficient (Wildman–Crippen LogP) is 12.3. The molecule has 83 heavy (non-hydrogen) atoms. The van der Waals surface area contributed by atoms with Crippen molar-refractivity contribution in [1.82, 2.24) is 5.32 Å². The van der Waals surface area contributed by atoms with Crippen LogP contribution in [0.4, 0.5) is 0 Å². The van der Waals surface area contributed by atoms with Crippen LogP contribution in [0.1, 0.15) is 169 Å². The van der Waals surface area contributed by atoms with E-state index in [-0.39, 0.29) is 69.0 Å². The van der Waals surface area contributed by atoms with Crippen molar-refractivity contribution in [2.75, 3.05) is 12.9 Å². The Morgan fingerprint density at radius 2 is 1.53 bits per heavy atom. The molecule has 3 aromatic heterocycles. The van der Waals surface area contributed by atoms with Crippen molar-refractivity contribution in [3.63, 3.8) is 0 Å². The molecule has 1 amide bonds. The molecule has 11 atom stereocenters. The van der Waals surface area contributed by atoms with Crippen LogP contribution in [0.3, 0.4) is 0 Å². The third-order valence-electron chi connectivity index (χ3n) is 19.1. The smallest absolute Gasteiger partial charge is 0.341 e. The van der Waals surface area contributed by atoms with Crippen LogP contribution in [0.25, 0.3) is 0 Å². The van der Waals surface area contributed by atoms with Crippen molar-refractivity contribution < 1.29 is 79.7 Å². The van der Waals surface area contributed by atoms with E-state index in [0.29, 0.717) is 24.6 Å². The molecule has 0 spiro atoms. The number of esters is 4. The molecule has 3 fully saturated rings. The Hall–Kier alpha value is -4.43. The molecule has 0 unspecified atom stereocenters. The maximum absolute atomic E-state index is 17.1. The van der Waals surface area contributed by atoms with Crippen molar-refractivity contribution in [3.05, 3.63) is 83.6 Å². The number of amides is 1. The topological polar surface area (TPSA) is 239 Å². The minimum absolute atomic E-state index is 0.0174. The van der Waals surface area contributed by atoms with Gasteiger partial charge in [-0.2, -0.15) is 0 Å². The standard InChI is InChI=1S/C61H89NO17S2Si2/c1-18-82(19-2,20-3)78-44-31-45-60(34-73-45,77-39(11)63)51-53(76-55(67)40-26-30-70-33-40)61(69)32-43(38(10)47(58(61,14)15)49(52(65)59(44,51)16)75-46(64)25-27-57(12,13)81-80-17)74-56(68)50(79-83(35(4)5,36(6)7)37(8)9)48(41-23-21-28-71-41)62-54(66)42-24-22-29-72-42/h21-24,26,28-30,33,35-37,43-45,48-51,53,69H,18-20,25,27,31-32,34H2,1-17H3,(H,62,66)/t43-,44-,45+,48-,49+,50+,51-,53-,59+,60-,61+/m0/s1. The molecule has 4 heterocycles. The highest BCUT2D eigenvalue weighted by atomic mass is 33.1. The van der Waals surface area contributed by atoms with Gasteiger partial charge in [0.25, 0.3) is 5.91 Å². The highest BCUT2D eigenvalue weighted by molar-refractivity contribution is 8.76. The van der Waals surface area contributed by atoms with Crippen LogP contribution in [0.2, 0.25) is 34.8 Å². The van der Waals surface area contributed by atoms with Gasteiger partial charge in [0.05, 0.1) is 48.4 Å². The van der Waals surface area contributed by atoms with Crippen molar-refractivity contribution >= 4 is 73.8 Å². The van der Waals surface area contributed by atoms with Gasteiger partial charge < -0.3 is 56.2 Å². The fourth-order valence-corrected chi connectivity index (χ4v) is 25.1. The maximum atomic E-state index is 17.1. The number of ether oxygens (including phenoxy) is 5. The summed E-state index contributed by atoms with van der Waals surface area (Å²) in [7, 11) is -2.68. The lowest BCUT2D eigenvalue weighted by molar-refractivity contribution is -0.344. The van der Waals surface area contributed by atoms with Gasteiger partial charge in [-0.15, -0.1) is 0 Å². The van der Waals surface area contributed by atoms with Crippen LogP contribution >= 0.6 is 21.6 Å². The number of aliphatic hydroxyl groups is 1. The molecular weight excluding hydrogens is 1140 g/mol. The van der Waals surface area contributed by atoms with Crippen LogP contribution in [0.15, 0.2) is 79.8 Å². The lowest BCUT2D eigenvalue weighted by atomic mass is 9.44. The van der Waals surface area contributed by atoms with Gasteiger partial charge in [-0.05, 0) is 117 Å². The summed E-state index contributed by atoms with van der Waals surface area (Å²) < 4.78 is 64.6. The number of carbonyl (C=O) groups excluding carboxylic acids is 6. The lowest BCUT2D eigenvalue weighted by Crippen LogP contribution is -2.82. The summed E-state index contributed by atoms with van der Waals surface area (Å²) in [5, 5.41) is 17.6. The highest BCUT2D eigenvalue weighted by Gasteiger charge is 2.79. The SMILES string of the molecule is CC[Si](CC)(CC)O[C@H]1C[C@H]2OC[C@@]2(OC(C)=O)[C@H]2[C@H](OC(=O)c3ccoc3)[C@]3(O)C[C@H](OC(=O)[C@H](O[Si](C(C)C)(C(C)C)C(C)C)[C@@H](NC(=O)c4ccco4)c4ccco4)C(C)=C([C@@H](OC(=O)CCC(C)(C)SSC)C(=O)[C@]12C)C3(C)C. The minimum Gasteiger partial charge on any atom is -0.472 e. The van der Waals surface area contributed by atoms with E-state index >= 15 is 9.59 Å². The summed E-state index contributed by atoms with van der Waals surface area (Å²) in [6.07, 6.45) is -1.55. The molecular formula is C61H89NO17S2Si2. The number of fused-ring (bicyclic) bond motifs is 5. The molecule has 22 heteroatoms. The third kappa shape index (κ3) is 12.2. The van der Waals surface area contributed by atoms with Crippen LogP contribution in [0.5, 0.6) is 0 Å². The van der Waals surface area contributed by atoms with Gasteiger partial charge in [0, 0.05) is 36.3 Å². The van der Waals surface area contributed by atoms with Crippen molar-refractivity contribution in [2.24, 2.45) is 16.7 Å². The second kappa shape index (κ2) is 25.5. The number of carbonyl (C=O) groups is 6. The molecule has 1 aliphatic heterocycles. The normalized spacial score (nSPS) is 27.8. The van der Waals surface area contributed by atoms with Gasteiger partial charge in [0.15, 0.2) is 37.7 Å². The van der Waals surface area contributed by atoms with E-state index in [9.17, 15) is 24.3 Å². The molecule has 4 aliphatic rings. The van der Waals surface area contributed by atoms with Crippen LogP contribution in [0, 0.1) is 16.7 Å². The molecule has 18 nitrogen and oxygen atoms in total. The molecule has 2 saturated carbocycles. The summed E-state index contributed by atoms with van der Waals surface area (Å²) in [6, 6.07) is 8.39. The largest absolute Gasteiger partial charge is 0.472 e. The molecule has 1 saturated heterocycles. The van der Waals surface area contributed by atoms with Gasteiger partial charge in [0.2, 0.25) is 8.32 Å². The zero-order valence-electron chi connectivity index (χ0n) is 51.5. The Morgan fingerprint density at radius 1 is 0.892 bits per heavy atom. The average Bonchev–Trinajstić information content (AvgIpc) is 0.907. The Bertz CT molecular complexity index is 2780. The van der Waals surface area contributed by atoms with E-state index in [1.54, 1.807) is 67.5 Å². The molecule has 0 radical (unpaired) electrons. The third-order valence-corrected chi connectivity index (χ3v) is 32.5. The summed E-state index contributed by atoms with van der Waals surface area (Å²) in [5.41, 5.74) is -7.60. The molecule has 0 aromatic carbocycles. The van der Waals surface area contributed by atoms with E-state index in [1.807, 2.05) is 20.1 Å². The Labute approximate surface area is 499 Å². The summed E-state index contributed by atoms with van der Waals surface area (Å²) in [5.74, 6) is -5.99. The minimum atomic E-state index is -3.13. The van der Waals surface area contributed by atoms with Crippen molar-refractivity contribution in [2.45, 2.75) is 230 Å². The number of ketones is 1. The molecule has 2 N–H and O–H groups in total. The number of rotatable bonds is 25. The predicted molar refractivity (Wildman–Crippen MR) is 319 cm³/mol. The number of nitrogens with one attached hydrogen (secondary N) is 1. The summed E-state index contributed by atoms with van der Waals surface area (Å²) in [4.78, 5) is 90.8. The summed E-state index contributed by atoms with van der Waals surface area (Å²) >= 11 is 0. The first-order chi connectivity index (χ1) is 38.9. The Balaban J connectivity index is 1.52. The van der Waals surface area contributed by atoms with E-state index < -0.39 is 129 Å². The van der Waals surface area contributed by atoms with Crippen LogP contribution in [-0.2, 0) is 51.7 Å². The fourth-order valence-electron chi connectivity index (χ4n) is 14.4. The van der Waals surface area contributed by atoms with Crippen LogP contribution < -0.4 is 5.32 Å². The molecule has 7 rings (SSSR count). The maximum Gasteiger partial charge on any atom is 0.341 e. The quantitative estimate of drug-likeness (QED) is 0.0263. The van der Waals surface area contributed by atoms with Gasteiger partial charge in [-0.3, -0.25) is 19.2 Å². The zero-order chi connectivity index (χ0) is 61.4. The first kappa shape index (κ1) is 66.1. The first-order valence-corrected chi connectivity index (χ1v) is 36.5. The van der Waals surface area contributed by atoms with Crippen molar-refractivity contribution in [1.29, 1.82) is 0 Å². The zero-order valence-corrected chi connectivity index (χ0v) is 55.1. The number of Topliss-reactive ketones (excluding diaryl/α,β-unsaturated/α-hetero) is 1. The first-order valence-electron chi connectivity index (χ1n) is 29.3. The average molecular weight is 1230 g/mol. The van der Waals surface area contributed by atoms with E-state index in [2.05, 4.69) is 67.6 Å². The molecule has 460 valence electrons. The molecule has 2 bridgehead atoms. The van der Waals surface area contributed by atoms with Gasteiger partial charge in [0.1, 0.15) is 42.0 Å². The number of hydrogen-bond donors (Lipinski definition) is 2. The lowest BCUT2D eigenvalue weighted by Gasteiger charge is -2.68. The highest BCUT2D eigenvalue weighted by Crippen LogP contribution is 2.65. The Kier molecular flexibility index (Phi) is 20.3. The second-order valence-electron chi connectivity index (χ2n) is 25.4. The van der Waals surface area contributed by atoms with Gasteiger partial charge in [-0.25, -0.2) is 9.59 Å². The van der Waals surface area contributed by atoms with E-state index in [4.69, 9.17) is 45.8 Å². The summed E-state index contributed by atoms with van der Waals surface area (Å²) in [6.45, 7) is 30.2.